The van der Waals surface area contributed by atoms with Crippen LogP contribution in [0.2, 0.25) is 5.02 Å². The van der Waals surface area contributed by atoms with E-state index in [4.69, 9.17) is 16.7 Å². The SMILES string of the molecule is O=C(O)C[C@@H](O)c1c[nH]c2cc(Cl)ccc12. The van der Waals surface area contributed by atoms with E-state index in [9.17, 15) is 9.90 Å². The van der Waals surface area contributed by atoms with Gasteiger partial charge in [0.15, 0.2) is 0 Å². The summed E-state index contributed by atoms with van der Waals surface area (Å²) in [4.78, 5) is 13.4. The molecule has 0 aliphatic heterocycles. The normalized spacial score (nSPS) is 12.9. The van der Waals surface area contributed by atoms with Gasteiger partial charge in [-0.1, -0.05) is 17.7 Å². The summed E-state index contributed by atoms with van der Waals surface area (Å²) >= 11 is 5.82. The number of benzene rings is 1. The lowest BCUT2D eigenvalue weighted by Gasteiger charge is -2.06. The molecule has 1 aromatic heterocycles. The van der Waals surface area contributed by atoms with Crippen molar-refractivity contribution in [2.45, 2.75) is 12.5 Å². The molecular formula is C11H10ClNO3. The lowest BCUT2D eigenvalue weighted by molar-refractivity contribution is -0.139. The Kier molecular flexibility index (Phi) is 2.85. The van der Waals surface area contributed by atoms with Gasteiger partial charge in [-0.2, -0.15) is 0 Å². The van der Waals surface area contributed by atoms with Gasteiger partial charge in [-0.3, -0.25) is 4.79 Å². The van der Waals surface area contributed by atoms with Crippen LogP contribution in [0.1, 0.15) is 18.1 Å². The Balaban J connectivity index is 2.41. The Morgan fingerprint density at radius 1 is 1.50 bits per heavy atom. The van der Waals surface area contributed by atoms with Crippen LogP contribution in [-0.4, -0.2) is 21.2 Å². The standard InChI is InChI=1S/C11H10ClNO3/c12-6-1-2-7-8(5-13-9(7)3-6)10(14)4-11(15)16/h1-3,5,10,13-14H,4H2,(H,15,16)/t10-/m1/s1. The average Bonchev–Trinajstić information content (AvgIpc) is 2.59. The first-order chi connectivity index (χ1) is 7.58. The van der Waals surface area contributed by atoms with Gasteiger partial charge in [-0.15, -0.1) is 0 Å². The predicted molar refractivity (Wildman–Crippen MR) is 60.5 cm³/mol. The molecular weight excluding hydrogens is 230 g/mol. The monoisotopic (exact) mass is 239 g/mol. The van der Waals surface area contributed by atoms with Gasteiger partial charge in [0.1, 0.15) is 0 Å². The predicted octanol–water partition coefficient (Wildman–Crippen LogP) is 2.33. The fraction of sp³-hybridized carbons (Fsp3) is 0.182. The van der Waals surface area contributed by atoms with Crippen LogP contribution in [0.15, 0.2) is 24.4 Å². The number of rotatable bonds is 3. The highest BCUT2D eigenvalue weighted by atomic mass is 35.5. The van der Waals surface area contributed by atoms with E-state index in [0.717, 1.165) is 10.9 Å². The second-order valence-electron chi connectivity index (χ2n) is 3.55. The van der Waals surface area contributed by atoms with E-state index in [-0.39, 0.29) is 6.42 Å². The fourth-order valence-electron chi connectivity index (χ4n) is 1.67. The lowest BCUT2D eigenvalue weighted by atomic mass is 10.1. The molecule has 2 aromatic rings. The van der Waals surface area contributed by atoms with Gasteiger partial charge in [-0.25, -0.2) is 0 Å². The first-order valence-corrected chi connectivity index (χ1v) is 5.12. The summed E-state index contributed by atoms with van der Waals surface area (Å²) in [5.74, 6) is -1.03. The molecule has 5 heteroatoms. The maximum absolute atomic E-state index is 10.5. The van der Waals surface area contributed by atoms with E-state index >= 15 is 0 Å². The summed E-state index contributed by atoms with van der Waals surface area (Å²) in [5.41, 5.74) is 1.36. The molecule has 3 N–H and O–H groups in total. The number of H-pyrrole nitrogens is 1. The van der Waals surface area contributed by atoms with Gasteiger partial charge in [0, 0.05) is 27.7 Å². The summed E-state index contributed by atoms with van der Waals surface area (Å²) in [5, 5.41) is 19.7. The Hall–Kier alpha value is -1.52. The van der Waals surface area contributed by atoms with Crippen molar-refractivity contribution in [1.29, 1.82) is 0 Å². The summed E-state index contributed by atoms with van der Waals surface area (Å²) in [6.07, 6.45) is 0.289. The summed E-state index contributed by atoms with van der Waals surface area (Å²) in [7, 11) is 0. The minimum atomic E-state index is -1.03. The van der Waals surface area contributed by atoms with Crippen molar-refractivity contribution in [3.05, 3.63) is 35.0 Å². The van der Waals surface area contributed by atoms with Crippen LogP contribution >= 0.6 is 11.6 Å². The van der Waals surface area contributed by atoms with Gasteiger partial charge in [0.05, 0.1) is 12.5 Å². The van der Waals surface area contributed by atoms with Gasteiger partial charge < -0.3 is 15.2 Å². The maximum atomic E-state index is 10.5. The van der Waals surface area contributed by atoms with E-state index in [2.05, 4.69) is 4.98 Å². The van der Waals surface area contributed by atoms with Crippen molar-refractivity contribution in [1.82, 2.24) is 4.98 Å². The topological polar surface area (TPSA) is 73.3 Å². The van der Waals surface area contributed by atoms with E-state index in [1.807, 2.05) is 0 Å². The van der Waals surface area contributed by atoms with Gasteiger partial charge >= 0.3 is 5.97 Å². The number of aliphatic hydroxyl groups excluding tert-OH is 1. The number of aromatic amines is 1. The molecule has 1 atom stereocenters. The molecule has 1 heterocycles. The van der Waals surface area contributed by atoms with Crippen LogP contribution < -0.4 is 0 Å². The third-order valence-electron chi connectivity index (χ3n) is 2.40. The maximum Gasteiger partial charge on any atom is 0.306 e. The number of hydrogen-bond donors (Lipinski definition) is 3. The number of carbonyl (C=O) groups is 1. The number of carboxylic acids is 1. The van der Waals surface area contributed by atoms with Crippen molar-refractivity contribution in [2.75, 3.05) is 0 Å². The number of nitrogens with one attached hydrogen (secondary N) is 1. The molecule has 0 spiro atoms. The highest BCUT2D eigenvalue weighted by Gasteiger charge is 2.16. The molecule has 1 aromatic carbocycles. The summed E-state index contributed by atoms with van der Waals surface area (Å²) in [6.45, 7) is 0. The van der Waals surface area contributed by atoms with Crippen molar-refractivity contribution in [2.24, 2.45) is 0 Å². The van der Waals surface area contributed by atoms with Crippen LogP contribution in [0.3, 0.4) is 0 Å². The molecule has 0 saturated carbocycles. The number of aromatic nitrogens is 1. The third kappa shape index (κ3) is 2.03. The average molecular weight is 240 g/mol. The number of halogens is 1. The largest absolute Gasteiger partial charge is 0.481 e. The van der Waals surface area contributed by atoms with Gasteiger partial charge in [0.2, 0.25) is 0 Å². The molecule has 4 nitrogen and oxygen atoms in total. The fourth-order valence-corrected chi connectivity index (χ4v) is 1.84. The second kappa shape index (κ2) is 4.15. The number of carboxylic acid groups (broad SMARTS) is 1. The molecule has 16 heavy (non-hydrogen) atoms. The molecule has 84 valence electrons. The van der Waals surface area contributed by atoms with Gasteiger partial charge in [0.25, 0.3) is 0 Å². The van der Waals surface area contributed by atoms with Crippen molar-refractivity contribution in [3.63, 3.8) is 0 Å². The van der Waals surface area contributed by atoms with Crippen LogP contribution in [0, 0.1) is 0 Å². The van der Waals surface area contributed by atoms with Crippen LogP contribution in [0.4, 0.5) is 0 Å². The molecule has 0 saturated heterocycles. The van der Waals surface area contributed by atoms with Gasteiger partial charge in [-0.05, 0) is 12.1 Å². The molecule has 0 aliphatic rings. The van der Waals surface area contributed by atoms with Crippen molar-refractivity contribution in [3.8, 4) is 0 Å². The number of hydrogen-bond acceptors (Lipinski definition) is 2. The first-order valence-electron chi connectivity index (χ1n) is 4.74. The molecule has 0 unspecified atom stereocenters. The second-order valence-corrected chi connectivity index (χ2v) is 3.98. The quantitative estimate of drug-likeness (QED) is 0.770. The molecule has 0 radical (unpaired) electrons. The molecule has 0 aliphatic carbocycles. The molecule has 0 amide bonds. The zero-order valence-corrected chi connectivity index (χ0v) is 9.03. The van der Waals surface area contributed by atoms with Crippen molar-refractivity contribution >= 4 is 28.5 Å². The molecule has 0 bridgehead atoms. The highest BCUT2D eigenvalue weighted by Crippen LogP contribution is 2.27. The minimum Gasteiger partial charge on any atom is -0.481 e. The Bertz CT molecular complexity index is 535. The Morgan fingerprint density at radius 2 is 2.25 bits per heavy atom. The van der Waals surface area contributed by atoms with E-state index in [1.165, 1.54) is 0 Å². The van der Waals surface area contributed by atoms with E-state index in [0.29, 0.717) is 10.6 Å². The lowest BCUT2D eigenvalue weighted by Crippen LogP contribution is -2.04. The van der Waals surface area contributed by atoms with E-state index < -0.39 is 12.1 Å². The number of fused-ring (bicyclic) bond motifs is 1. The summed E-state index contributed by atoms with van der Waals surface area (Å²) in [6, 6.07) is 5.19. The highest BCUT2D eigenvalue weighted by molar-refractivity contribution is 6.31. The zero-order valence-electron chi connectivity index (χ0n) is 8.27. The number of aliphatic carboxylic acids is 1. The molecule has 2 rings (SSSR count). The summed E-state index contributed by atoms with van der Waals surface area (Å²) < 4.78 is 0. The Morgan fingerprint density at radius 3 is 2.94 bits per heavy atom. The van der Waals surface area contributed by atoms with Crippen LogP contribution in [-0.2, 0) is 4.79 Å². The van der Waals surface area contributed by atoms with E-state index in [1.54, 1.807) is 24.4 Å². The Labute approximate surface area is 96.5 Å². The minimum absolute atomic E-state index is 0.310. The number of aliphatic hydroxyl groups is 1. The third-order valence-corrected chi connectivity index (χ3v) is 2.64. The van der Waals surface area contributed by atoms with Crippen LogP contribution in [0.25, 0.3) is 10.9 Å². The van der Waals surface area contributed by atoms with Crippen molar-refractivity contribution < 1.29 is 15.0 Å². The van der Waals surface area contributed by atoms with Crippen LogP contribution in [0.5, 0.6) is 0 Å². The first kappa shape index (κ1) is 11.0. The smallest absolute Gasteiger partial charge is 0.306 e. The molecule has 0 fully saturated rings. The zero-order chi connectivity index (χ0) is 11.7.